The van der Waals surface area contributed by atoms with Gasteiger partial charge in [0.1, 0.15) is 6.20 Å². The zero-order valence-electron chi connectivity index (χ0n) is 8.40. The Morgan fingerprint density at radius 3 is 3.14 bits per heavy atom. The van der Waals surface area contributed by atoms with Gasteiger partial charge in [0.25, 0.3) is 0 Å². The van der Waals surface area contributed by atoms with Crippen molar-refractivity contribution in [3.05, 3.63) is 18.7 Å². The molecule has 0 atom stereocenters. The number of hydrogen-bond donors (Lipinski definition) is 0. The van der Waals surface area contributed by atoms with E-state index >= 15 is 0 Å². The van der Waals surface area contributed by atoms with Crippen molar-refractivity contribution in [2.45, 2.75) is 32.7 Å². The van der Waals surface area contributed by atoms with Crippen LogP contribution in [0.15, 0.2) is 12.5 Å². The summed E-state index contributed by atoms with van der Waals surface area (Å²) in [6.45, 7) is 3.30. The van der Waals surface area contributed by atoms with E-state index in [1.807, 2.05) is 11.5 Å². The van der Waals surface area contributed by atoms with Crippen LogP contribution in [0.5, 0.6) is 0 Å². The largest absolute Gasteiger partial charge is 0.466 e. The van der Waals surface area contributed by atoms with Gasteiger partial charge in [-0.05, 0) is 12.8 Å². The maximum atomic E-state index is 11.1. The molecule has 0 amide bonds. The highest BCUT2D eigenvalue weighted by Crippen LogP contribution is 1.97. The van der Waals surface area contributed by atoms with Gasteiger partial charge in [-0.3, -0.25) is 4.79 Å². The number of imidazole rings is 1. The van der Waals surface area contributed by atoms with E-state index in [2.05, 4.69) is 11.2 Å². The van der Waals surface area contributed by atoms with Crippen molar-refractivity contribution in [3.8, 4) is 0 Å². The van der Waals surface area contributed by atoms with Crippen LogP contribution in [0.4, 0.5) is 0 Å². The molecule has 1 rings (SSSR count). The smallest absolute Gasteiger partial charge is 0.305 e. The lowest BCUT2D eigenvalue weighted by molar-refractivity contribution is -0.143. The Morgan fingerprint density at radius 1 is 1.64 bits per heavy atom. The lowest BCUT2D eigenvalue weighted by Gasteiger charge is -2.03. The van der Waals surface area contributed by atoms with Gasteiger partial charge in [0, 0.05) is 19.2 Å². The minimum atomic E-state index is -0.115. The second-order valence-electron chi connectivity index (χ2n) is 3.06. The van der Waals surface area contributed by atoms with Crippen LogP contribution in [0.1, 0.15) is 26.2 Å². The third-order valence-electron chi connectivity index (χ3n) is 1.77. The lowest BCUT2D eigenvalue weighted by Crippen LogP contribution is -2.06. The normalized spacial score (nSPS) is 10.1. The van der Waals surface area contributed by atoms with Gasteiger partial charge in [0.2, 0.25) is 0 Å². The topological polar surface area (TPSA) is 44.1 Å². The minimum Gasteiger partial charge on any atom is -0.466 e. The van der Waals surface area contributed by atoms with E-state index in [0.29, 0.717) is 13.0 Å². The lowest BCUT2D eigenvalue weighted by atomic mass is 10.3. The second kappa shape index (κ2) is 6.18. The molecule has 0 unspecified atom stereocenters. The first kappa shape index (κ1) is 10.8. The average molecular weight is 195 g/mol. The van der Waals surface area contributed by atoms with Gasteiger partial charge in [-0.15, -0.1) is 0 Å². The third kappa shape index (κ3) is 4.07. The van der Waals surface area contributed by atoms with Crippen LogP contribution in [0, 0.1) is 6.20 Å². The van der Waals surface area contributed by atoms with E-state index in [1.165, 1.54) is 0 Å². The molecule has 1 radical (unpaired) electrons. The Balaban J connectivity index is 2.06. The van der Waals surface area contributed by atoms with Gasteiger partial charge in [-0.2, -0.15) is 0 Å². The van der Waals surface area contributed by atoms with Crippen molar-refractivity contribution >= 4 is 5.97 Å². The fraction of sp³-hybridized carbons (Fsp3) is 0.600. The van der Waals surface area contributed by atoms with E-state index in [-0.39, 0.29) is 5.97 Å². The van der Waals surface area contributed by atoms with Crippen LogP contribution in [-0.2, 0) is 16.1 Å². The molecular formula is C10H15N2O2. The molecule has 4 nitrogen and oxygen atoms in total. The molecule has 0 aliphatic rings. The summed E-state index contributed by atoms with van der Waals surface area (Å²) < 4.78 is 6.83. The number of aryl methyl sites for hydroxylation is 1. The van der Waals surface area contributed by atoms with Crippen LogP contribution in [0.2, 0.25) is 0 Å². The van der Waals surface area contributed by atoms with Crippen molar-refractivity contribution in [2.24, 2.45) is 0 Å². The molecule has 0 N–H and O–H groups in total. The summed E-state index contributed by atoms with van der Waals surface area (Å²) in [6.07, 6.45) is 8.28. The van der Waals surface area contributed by atoms with Gasteiger partial charge < -0.3 is 9.30 Å². The van der Waals surface area contributed by atoms with E-state index in [9.17, 15) is 4.79 Å². The van der Waals surface area contributed by atoms with Crippen LogP contribution in [0.3, 0.4) is 0 Å². The molecule has 0 saturated carbocycles. The van der Waals surface area contributed by atoms with E-state index in [1.54, 1.807) is 12.5 Å². The molecule has 4 heteroatoms. The minimum absolute atomic E-state index is 0.115. The summed E-state index contributed by atoms with van der Waals surface area (Å²) in [5, 5.41) is 0. The molecule has 0 aliphatic heterocycles. The zero-order chi connectivity index (χ0) is 10.2. The van der Waals surface area contributed by atoms with Gasteiger partial charge in [-0.1, -0.05) is 6.92 Å². The first-order valence-electron chi connectivity index (χ1n) is 4.86. The summed E-state index contributed by atoms with van der Waals surface area (Å²) in [4.78, 5) is 14.9. The average Bonchev–Trinajstić information content (AvgIpc) is 2.67. The summed E-state index contributed by atoms with van der Waals surface area (Å²) in [7, 11) is 0. The molecule has 0 spiro atoms. The molecule has 0 saturated heterocycles. The number of esters is 1. The molecule has 77 valence electrons. The van der Waals surface area contributed by atoms with Gasteiger partial charge >= 0.3 is 5.97 Å². The zero-order valence-corrected chi connectivity index (χ0v) is 8.40. The number of carbonyl (C=O) groups excluding carboxylic acids is 1. The summed E-state index contributed by atoms with van der Waals surface area (Å²) in [5.74, 6) is -0.115. The van der Waals surface area contributed by atoms with Crippen LogP contribution < -0.4 is 0 Å². The molecule has 0 fully saturated rings. The Kier molecular flexibility index (Phi) is 4.75. The van der Waals surface area contributed by atoms with Gasteiger partial charge in [-0.25, -0.2) is 4.98 Å². The Labute approximate surface area is 83.9 Å². The maximum Gasteiger partial charge on any atom is 0.305 e. The molecule has 1 heterocycles. The third-order valence-corrected chi connectivity index (χ3v) is 1.77. The molecule has 0 bridgehead atoms. The Morgan fingerprint density at radius 2 is 2.50 bits per heavy atom. The number of aromatic nitrogens is 2. The predicted molar refractivity (Wildman–Crippen MR) is 51.5 cm³/mol. The predicted octanol–water partition coefficient (Wildman–Crippen LogP) is 1.42. The summed E-state index contributed by atoms with van der Waals surface area (Å²) >= 11 is 0. The number of ether oxygens (including phenoxy) is 1. The van der Waals surface area contributed by atoms with Gasteiger partial charge in [0.15, 0.2) is 0 Å². The van der Waals surface area contributed by atoms with Crippen molar-refractivity contribution < 1.29 is 9.53 Å². The Hall–Kier alpha value is -1.32. The highest BCUT2D eigenvalue weighted by Gasteiger charge is 2.01. The second-order valence-corrected chi connectivity index (χ2v) is 3.06. The van der Waals surface area contributed by atoms with Crippen LogP contribution in [-0.4, -0.2) is 22.1 Å². The SMILES string of the molecule is CCCOC(=O)CCCn1c[c]nc1. The highest BCUT2D eigenvalue weighted by molar-refractivity contribution is 5.69. The number of nitrogens with zero attached hydrogens (tertiary/aromatic N) is 2. The van der Waals surface area contributed by atoms with Crippen LogP contribution in [0.25, 0.3) is 0 Å². The van der Waals surface area contributed by atoms with E-state index in [4.69, 9.17) is 4.74 Å². The maximum absolute atomic E-state index is 11.1. The summed E-state index contributed by atoms with van der Waals surface area (Å²) in [6, 6.07) is 0. The van der Waals surface area contributed by atoms with E-state index in [0.717, 1.165) is 19.4 Å². The number of rotatable bonds is 6. The molecule has 1 aromatic rings. The molecule has 14 heavy (non-hydrogen) atoms. The molecule has 0 aliphatic carbocycles. The van der Waals surface area contributed by atoms with Crippen LogP contribution >= 0.6 is 0 Å². The van der Waals surface area contributed by atoms with Crippen molar-refractivity contribution in [3.63, 3.8) is 0 Å². The van der Waals surface area contributed by atoms with Gasteiger partial charge in [0.05, 0.1) is 12.9 Å². The van der Waals surface area contributed by atoms with E-state index < -0.39 is 0 Å². The first-order valence-corrected chi connectivity index (χ1v) is 4.86. The Bertz CT molecular complexity index is 257. The molecule has 0 aromatic carbocycles. The fourth-order valence-corrected chi connectivity index (χ4v) is 1.06. The number of hydrogen-bond acceptors (Lipinski definition) is 3. The molecular weight excluding hydrogens is 180 g/mol. The number of carbonyl (C=O) groups is 1. The first-order chi connectivity index (χ1) is 6.83. The van der Waals surface area contributed by atoms with Crippen molar-refractivity contribution in [1.29, 1.82) is 0 Å². The molecule has 1 aromatic heterocycles. The highest BCUT2D eigenvalue weighted by atomic mass is 16.5. The van der Waals surface area contributed by atoms with Crippen molar-refractivity contribution in [2.75, 3.05) is 6.61 Å². The van der Waals surface area contributed by atoms with Crippen molar-refractivity contribution in [1.82, 2.24) is 9.55 Å². The standard InChI is InChI=1S/C10H15N2O2/c1-2-8-14-10(13)4-3-6-12-7-5-11-9-12/h7,9H,2-4,6,8H2,1H3. The quantitative estimate of drug-likeness (QED) is 0.645. The monoisotopic (exact) mass is 195 g/mol. The fourth-order valence-electron chi connectivity index (χ4n) is 1.06. The summed E-state index contributed by atoms with van der Waals surface area (Å²) in [5.41, 5.74) is 0.